The molecule has 0 heterocycles. The highest BCUT2D eigenvalue weighted by molar-refractivity contribution is 6.11. The smallest absolute Gasteiger partial charge is 0.195 e. The molecule has 0 aliphatic heterocycles. The number of hydrogen-bond acceptors (Lipinski definition) is 9. The maximum atomic E-state index is 12.9. The fraction of sp³-hybridized carbons (Fsp3) is 0.429. The van der Waals surface area contributed by atoms with Crippen LogP contribution >= 0.6 is 0 Å². The normalized spacial score (nSPS) is 21.9. The number of aliphatic hydroxyl groups excluding tert-OH is 3. The molecule has 0 fully saturated rings. The molecule has 0 saturated carbocycles. The van der Waals surface area contributed by atoms with E-state index in [1.807, 2.05) is 0 Å². The van der Waals surface area contributed by atoms with Gasteiger partial charge in [-0.3, -0.25) is 9.59 Å². The Labute approximate surface area is 171 Å². The summed E-state index contributed by atoms with van der Waals surface area (Å²) in [5.74, 6) is -3.96. The van der Waals surface area contributed by atoms with E-state index in [1.165, 1.54) is 33.1 Å². The molecule has 0 radical (unpaired) electrons. The number of phenols is 3. The third-order valence-electron chi connectivity index (χ3n) is 5.73. The molecule has 1 aliphatic rings. The lowest BCUT2D eigenvalue weighted by molar-refractivity contribution is -0.148. The molecule has 0 saturated heterocycles. The summed E-state index contributed by atoms with van der Waals surface area (Å²) < 4.78 is 5.15. The Morgan fingerprint density at radius 2 is 1.80 bits per heavy atom. The number of aliphatic hydroxyl groups is 3. The van der Waals surface area contributed by atoms with Crippen LogP contribution in [0.2, 0.25) is 0 Å². The molecule has 9 heteroatoms. The Balaban J connectivity index is 2.14. The highest BCUT2D eigenvalue weighted by atomic mass is 16.5. The topological polar surface area (TPSA) is 165 Å². The van der Waals surface area contributed by atoms with Crippen molar-refractivity contribution in [2.75, 3.05) is 7.11 Å². The minimum absolute atomic E-state index is 0.0352. The molecule has 162 valence electrons. The van der Waals surface area contributed by atoms with Crippen LogP contribution in [0.5, 0.6) is 17.2 Å². The lowest BCUT2D eigenvalue weighted by Gasteiger charge is -2.34. The quantitative estimate of drug-likeness (QED) is 0.399. The third kappa shape index (κ3) is 3.29. The van der Waals surface area contributed by atoms with Crippen molar-refractivity contribution in [1.82, 2.24) is 0 Å². The van der Waals surface area contributed by atoms with Crippen molar-refractivity contribution < 1.29 is 45.0 Å². The summed E-state index contributed by atoms with van der Waals surface area (Å²) in [6, 6.07) is 2.80. The summed E-state index contributed by atoms with van der Waals surface area (Å²) in [6.07, 6.45) is -6.32. The van der Waals surface area contributed by atoms with Crippen LogP contribution in [-0.2, 0) is 16.0 Å². The average Bonchev–Trinajstić information content (AvgIpc) is 2.69. The molecule has 9 nitrogen and oxygen atoms in total. The molecule has 1 aliphatic carbocycles. The highest BCUT2D eigenvalue weighted by Gasteiger charge is 2.45. The number of benzene rings is 2. The van der Waals surface area contributed by atoms with E-state index in [0.717, 1.165) is 0 Å². The van der Waals surface area contributed by atoms with Gasteiger partial charge in [-0.25, -0.2) is 0 Å². The summed E-state index contributed by atoms with van der Waals surface area (Å²) in [6.45, 7) is 2.66. The third-order valence-corrected chi connectivity index (χ3v) is 5.73. The zero-order valence-electron chi connectivity index (χ0n) is 16.7. The number of ketones is 2. The van der Waals surface area contributed by atoms with Gasteiger partial charge in [-0.05, 0) is 43.4 Å². The Morgan fingerprint density at radius 3 is 2.37 bits per heavy atom. The average molecular weight is 420 g/mol. The van der Waals surface area contributed by atoms with Crippen LogP contribution in [0.1, 0.15) is 28.4 Å². The van der Waals surface area contributed by atoms with Gasteiger partial charge in [-0.1, -0.05) is 0 Å². The van der Waals surface area contributed by atoms with Gasteiger partial charge in [0.1, 0.15) is 35.6 Å². The molecule has 1 unspecified atom stereocenters. The fourth-order valence-corrected chi connectivity index (χ4v) is 4.00. The van der Waals surface area contributed by atoms with Gasteiger partial charge in [0.05, 0.1) is 17.1 Å². The van der Waals surface area contributed by atoms with Gasteiger partial charge in [0, 0.05) is 18.6 Å². The summed E-state index contributed by atoms with van der Waals surface area (Å²) in [4.78, 5) is 25.4. The summed E-state index contributed by atoms with van der Waals surface area (Å²) in [5, 5.41) is 61.2. The van der Waals surface area contributed by atoms with E-state index in [2.05, 4.69) is 0 Å². The van der Waals surface area contributed by atoms with Gasteiger partial charge >= 0.3 is 0 Å². The molecule has 6 N–H and O–H groups in total. The lowest BCUT2D eigenvalue weighted by Crippen LogP contribution is -2.50. The first-order chi connectivity index (χ1) is 14.0. The Kier molecular flexibility index (Phi) is 5.74. The number of hydrogen-bond donors (Lipinski definition) is 6. The zero-order chi connectivity index (χ0) is 22.5. The van der Waals surface area contributed by atoms with Crippen molar-refractivity contribution in [2.45, 2.75) is 44.7 Å². The van der Waals surface area contributed by atoms with Crippen LogP contribution in [0.4, 0.5) is 0 Å². The number of aromatic hydroxyl groups is 3. The van der Waals surface area contributed by atoms with Crippen molar-refractivity contribution >= 4 is 22.3 Å². The summed E-state index contributed by atoms with van der Waals surface area (Å²) in [5.41, 5.74) is 0.214. The van der Waals surface area contributed by atoms with E-state index in [9.17, 15) is 40.2 Å². The molecular weight excluding hydrogens is 396 g/mol. The molecule has 0 bridgehead atoms. The summed E-state index contributed by atoms with van der Waals surface area (Å²) in [7, 11) is 1.18. The van der Waals surface area contributed by atoms with E-state index >= 15 is 0 Å². The van der Waals surface area contributed by atoms with Crippen LogP contribution in [0.25, 0.3) is 10.8 Å². The molecule has 5 atom stereocenters. The minimum Gasteiger partial charge on any atom is -0.508 e. The van der Waals surface area contributed by atoms with Crippen molar-refractivity contribution in [3.63, 3.8) is 0 Å². The van der Waals surface area contributed by atoms with E-state index in [1.54, 1.807) is 0 Å². The predicted octanol–water partition coefficient (Wildman–Crippen LogP) is 0.307. The number of rotatable bonds is 5. The lowest BCUT2D eigenvalue weighted by atomic mass is 9.75. The predicted molar refractivity (Wildman–Crippen MR) is 105 cm³/mol. The number of carbonyl (C=O) groups excluding carboxylic acids is 2. The van der Waals surface area contributed by atoms with Crippen molar-refractivity contribution in [2.24, 2.45) is 5.92 Å². The first-order valence-corrected chi connectivity index (χ1v) is 9.36. The van der Waals surface area contributed by atoms with E-state index in [4.69, 9.17) is 4.74 Å². The maximum Gasteiger partial charge on any atom is 0.195 e. The first-order valence-electron chi connectivity index (χ1n) is 9.36. The van der Waals surface area contributed by atoms with Crippen molar-refractivity contribution in [1.29, 1.82) is 0 Å². The van der Waals surface area contributed by atoms with Crippen LogP contribution in [0.3, 0.4) is 0 Å². The molecular formula is C21H24O9. The second-order valence-corrected chi connectivity index (χ2v) is 7.65. The van der Waals surface area contributed by atoms with Gasteiger partial charge < -0.3 is 35.4 Å². The number of methoxy groups -OCH3 is 1. The van der Waals surface area contributed by atoms with Gasteiger partial charge in [-0.2, -0.15) is 0 Å². The van der Waals surface area contributed by atoms with Crippen LogP contribution in [-0.4, -0.2) is 73.7 Å². The number of carbonyl (C=O) groups is 2. The molecule has 30 heavy (non-hydrogen) atoms. The number of ether oxygens (including phenoxy) is 1. The SMILES string of the molecule is COC(C(=O)[C@@H](O)[C@@H](C)O)[C@@H]1Cc2cc3cc(O)c(C)c(O)c3c(O)c2C(=O)[C@H]1O. The second-order valence-electron chi connectivity index (χ2n) is 7.65. The summed E-state index contributed by atoms with van der Waals surface area (Å²) >= 11 is 0. The van der Waals surface area contributed by atoms with Crippen LogP contribution in [0, 0.1) is 12.8 Å². The van der Waals surface area contributed by atoms with Gasteiger partial charge in [0.2, 0.25) is 0 Å². The van der Waals surface area contributed by atoms with Gasteiger partial charge in [-0.15, -0.1) is 0 Å². The molecule has 0 aromatic heterocycles. The Bertz CT molecular complexity index is 1030. The maximum absolute atomic E-state index is 12.9. The minimum atomic E-state index is -1.76. The molecule has 2 aromatic carbocycles. The molecule has 2 aromatic rings. The van der Waals surface area contributed by atoms with Gasteiger partial charge in [0.25, 0.3) is 0 Å². The number of fused-ring (bicyclic) bond motifs is 2. The fourth-order valence-electron chi connectivity index (χ4n) is 4.00. The van der Waals surface area contributed by atoms with Crippen molar-refractivity contribution in [3.8, 4) is 17.2 Å². The largest absolute Gasteiger partial charge is 0.508 e. The van der Waals surface area contributed by atoms with E-state index in [0.29, 0.717) is 0 Å². The Hall–Kier alpha value is -2.72. The molecule has 0 spiro atoms. The first kappa shape index (κ1) is 22.0. The second kappa shape index (κ2) is 7.84. The van der Waals surface area contributed by atoms with Crippen LogP contribution in [0.15, 0.2) is 12.1 Å². The Morgan fingerprint density at radius 1 is 1.17 bits per heavy atom. The molecule has 0 amide bonds. The van der Waals surface area contributed by atoms with Gasteiger partial charge in [0.15, 0.2) is 11.6 Å². The monoisotopic (exact) mass is 420 g/mol. The van der Waals surface area contributed by atoms with E-state index in [-0.39, 0.29) is 45.4 Å². The standard InChI is InChI=1S/C21H24O9/c1-7-12(23)6-10-4-9-5-11(21(30-3)20(29)16(25)8(2)22)17(26)19(28)14(9)18(27)13(10)15(7)24/h4,6,8,11,16-17,21-27H,5H2,1-3H3/t8-,11-,16+,17+,21?/m1/s1. The van der Waals surface area contributed by atoms with Crippen molar-refractivity contribution in [3.05, 3.63) is 28.8 Å². The zero-order valence-corrected chi connectivity index (χ0v) is 16.7. The van der Waals surface area contributed by atoms with Crippen LogP contribution < -0.4 is 0 Å². The highest BCUT2D eigenvalue weighted by Crippen LogP contribution is 2.45. The number of phenolic OH excluding ortho intramolecular Hbond substituents is 3. The molecule has 3 rings (SSSR count). The number of Topliss-reactive ketones (excluding diaryl/α,β-unsaturated/α-hetero) is 2. The van der Waals surface area contributed by atoms with E-state index < -0.39 is 47.6 Å².